The Hall–Kier alpha value is -2.08. The highest BCUT2D eigenvalue weighted by Crippen LogP contribution is 2.44. The fourth-order valence-corrected chi connectivity index (χ4v) is 5.62. The fourth-order valence-electron chi connectivity index (χ4n) is 5.62. The first-order chi connectivity index (χ1) is 17.8. The summed E-state index contributed by atoms with van der Waals surface area (Å²) in [5, 5.41) is 8.84. The minimum absolute atomic E-state index is 0.150. The smallest absolute Gasteiger partial charge is 0.311 e. The molecule has 6 nitrogen and oxygen atoms in total. The molecule has 0 radical (unpaired) electrons. The molecule has 0 aliphatic carbocycles. The Kier molecular flexibility index (Phi) is 12.6. The SMILES string of the molecule is Cc1c(C)c2c(c(C)c1OC(=O)CCC(=O)O)CC[C@@](N)(CCC[C@H](C)CCC[C@H](C)CCCC(C)C)O2. The van der Waals surface area contributed by atoms with Crippen molar-refractivity contribution in [3.8, 4) is 11.5 Å². The number of esters is 1. The summed E-state index contributed by atoms with van der Waals surface area (Å²) in [5.41, 5.74) is 9.75. The molecule has 0 saturated heterocycles. The number of carbonyl (C=O) groups excluding carboxylic acids is 1. The number of rotatable bonds is 16. The normalized spacial score (nSPS) is 18.6. The lowest BCUT2D eigenvalue weighted by Gasteiger charge is -2.38. The highest BCUT2D eigenvalue weighted by atomic mass is 16.5. The van der Waals surface area contributed by atoms with Crippen molar-refractivity contribution in [3.05, 3.63) is 22.3 Å². The molecule has 1 aliphatic rings. The van der Waals surface area contributed by atoms with E-state index in [4.69, 9.17) is 20.3 Å². The number of benzene rings is 1. The van der Waals surface area contributed by atoms with Crippen LogP contribution in [0.1, 0.15) is 127 Å². The van der Waals surface area contributed by atoms with E-state index in [2.05, 4.69) is 27.7 Å². The average Bonchev–Trinajstić information content (AvgIpc) is 2.83. The zero-order chi connectivity index (χ0) is 28.5. The van der Waals surface area contributed by atoms with Gasteiger partial charge in [0, 0.05) is 18.4 Å². The molecule has 2 rings (SSSR count). The van der Waals surface area contributed by atoms with E-state index in [1.54, 1.807) is 0 Å². The number of carboxylic acids is 1. The summed E-state index contributed by atoms with van der Waals surface area (Å²) >= 11 is 0. The number of fused-ring (bicyclic) bond motifs is 1. The molecular formula is C32H53NO5. The number of ether oxygens (including phenoxy) is 2. The molecule has 1 heterocycles. The third-order valence-corrected chi connectivity index (χ3v) is 8.34. The highest BCUT2D eigenvalue weighted by molar-refractivity contribution is 5.79. The van der Waals surface area contributed by atoms with Crippen molar-refractivity contribution in [2.45, 2.75) is 138 Å². The number of nitrogens with two attached hydrogens (primary N) is 1. The predicted molar refractivity (Wildman–Crippen MR) is 154 cm³/mol. The standard InChI is InChI=1S/C32H53NO5/c1-21(2)11-8-12-22(3)13-9-14-23(4)15-10-19-32(33)20-18-27-26(7)30(24(5)25(6)31(27)38-32)37-29(36)17-16-28(34)35/h21-23H,8-20,33H2,1-7H3,(H,34,35)/t22-,23-,32-/m1/s1. The molecule has 3 N–H and O–H groups in total. The molecule has 0 amide bonds. The van der Waals surface area contributed by atoms with Crippen LogP contribution in [0, 0.1) is 38.5 Å². The van der Waals surface area contributed by atoms with E-state index in [9.17, 15) is 9.59 Å². The fraction of sp³-hybridized carbons (Fsp3) is 0.750. The van der Waals surface area contributed by atoms with Gasteiger partial charge in [0.25, 0.3) is 0 Å². The van der Waals surface area contributed by atoms with Gasteiger partial charge in [0.15, 0.2) is 5.72 Å². The summed E-state index contributed by atoms with van der Waals surface area (Å²) < 4.78 is 12.1. The van der Waals surface area contributed by atoms with E-state index >= 15 is 0 Å². The zero-order valence-electron chi connectivity index (χ0n) is 25.1. The van der Waals surface area contributed by atoms with Gasteiger partial charge in [-0.05, 0) is 68.1 Å². The third-order valence-electron chi connectivity index (χ3n) is 8.34. The number of carbonyl (C=O) groups is 2. The van der Waals surface area contributed by atoms with Crippen LogP contribution in [0.3, 0.4) is 0 Å². The Labute approximate surface area is 231 Å². The van der Waals surface area contributed by atoms with Crippen molar-refractivity contribution >= 4 is 11.9 Å². The molecule has 1 aromatic rings. The minimum atomic E-state index is -1.01. The molecule has 6 heteroatoms. The van der Waals surface area contributed by atoms with Crippen LogP contribution in [0.25, 0.3) is 0 Å². The first kappa shape index (κ1) is 32.1. The Balaban J connectivity index is 1.87. The molecule has 1 aromatic carbocycles. The number of hydrogen-bond donors (Lipinski definition) is 2. The second-order valence-electron chi connectivity index (χ2n) is 12.4. The van der Waals surface area contributed by atoms with Crippen LogP contribution >= 0.6 is 0 Å². The first-order valence-corrected chi connectivity index (χ1v) is 14.9. The van der Waals surface area contributed by atoms with Gasteiger partial charge in [-0.2, -0.15) is 0 Å². The van der Waals surface area contributed by atoms with Gasteiger partial charge in [-0.25, -0.2) is 0 Å². The van der Waals surface area contributed by atoms with Gasteiger partial charge in [0.05, 0.1) is 12.8 Å². The second-order valence-corrected chi connectivity index (χ2v) is 12.4. The van der Waals surface area contributed by atoms with Gasteiger partial charge in [-0.1, -0.05) is 72.6 Å². The molecule has 3 atom stereocenters. The zero-order valence-corrected chi connectivity index (χ0v) is 25.1. The lowest BCUT2D eigenvalue weighted by molar-refractivity contribution is -0.142. The van der Waals surface area contributed by atoms with Crippen LogP contribution in [-0.2, 0) is 16.0 Å². The maximum Gasteiger partial charge on any atom is 0.311 e. The summed E-state index contributed by atoms with van der Waals surface area (Å²) in [7, 11) is 0. The summed E-state index contributed by atoms with van der Waals surface area (Å²) in [5.74, 6) is 2.13. The van der Waals surface area contributed by atoms with Gasteiger partial charge in [0.1, 0.15) is 11.5 Å². The van der Waals surface area contributed by atoms with Crippen LogP contribution in [-0.4, -0.2) is 22.8 Å². The molecule has 0 saturated carbocycles. The van der Waals surface area contributed by atoms with Gasteiger partial charge < -0.3 is 14.6 Å². The van der Waals surface area contributed by atoms with Crippen molar-refractivity contribution in [3.63, 3.8) is 0 Å². The average molecular weight is 532 g/mol. The lowest BCUT2D eigenvalue weighted by atomic mass is 9.87. The maximum absolute atomic E-state index is 12.2. The van der Waals surface area contributed by atoms with E-state index in [-0.39, 0.29) is 12.8 Å². The predicted octanol–water partition coefficient (Wildman–Crippen LogP) is 7.80. The van der Waals surface area contributed by atoms with Crippen molar-refractivity contribution in [1.82, 2.24) is 0 Å². The minimum Gasteiger partial charge on any atom is -0.481 e. The van der Waals surface area contributed by atoms with Gasteiger partial charge in [-0.15, -0.1) is 0 Å². The second kappa shape index (κ2) is 14.9. The van der Waals surface area contributed by atoms with Gasteiger partial charge in [-0.3, -0.25) is 15.3 Å². The van der Waals surface area contributed by atoms with Crippen LogP contribution in [0.2, 0.25) is 0 Å². The molecule has 0 unspecified atom stereocenters. The van der Waals surface area contributed by atoms with Crippen LogP contribution in [0.15, 0.2) is 0 Å². The van der Waals surface area contributed by atoms with E-state index < -0.39 is 17.7 Å². The van der Waals surface area contributed by atoms with Gasteiger partial charge in [0.2, 0.25) is 0 Å². The Morgan fingerprint density at radius 2 is 1.47 bits per heavy atom. The van der Waals surface area contributed by atoms with Crippen LogP contribution < -0.4 is 15.2 Å². The summed E-state index contributed by atoms with van der Waals surface area (Å²) in [6, 6.07) is 0. The maximum atomic E-state index is 12.2. The molecule has 0 fully saturated rings. The number of hydrogen-bond acceptors (Lipinski definition) is 5. The van der Waals surface area contributed by atoms with E-state index in [1.807, 2.05) is 20.8 Å². The largest absolute Gasteiger partial charge is 0.481 e. The monoisotopic (exact) mass is 531 g/mol. The first-order valence-electron chi connectivity index (χ1n) is 14.9. The van der Waals surface area contributed by atoms with Crippen molar-refractivity contribution < 1.29 is 24.2 Å². The molecule has 1 aliphatic heterocycles. The molecule has 0 aromatic heterocycles. The molecule has 0 spiro atoms. The topological polar surface area (TPSA) is 98.9 Å². The summed E-state index contributed by atoms with van der Waals surface area (Å²) in [6.45, 7) is 15.2. The van der Waals surface area contributed by atoms with Crippen molar-refractivity contribution in [2.75, 3.05) is 0 Å². The lowest BCUT2D eigenvalue weighted by Crippen LogP contribution is -2.48. The Bertz CT molecular complexity index is 941. The van der Waals surface area contributed by atoms with E-state index in [0.29, 0.717) is 11.7 Å². The molecule has 216 valence electrons. The number of carboxylic acid groups (broad SMARTS) is 1. The van der Waals surface area contributed by atoms with E-state index in [1.165, 1.54) is 44.9 Å². The Morgan fingerprint density at radius 1 is 0.895 bits per heavy atom. The van der Waals surface area contributed by atoms with Gasteiger partial charge >= 0.3 is 11.9 Å². The summed E-state index contributed by atoms with van der Waals surface area (Å²) in [6.07, 6.45) is 12.1. The highest BCUT2D eigenvalue weighted by Gasteiger charge is 2.35. The molecule has 0 bridgehead atoms. The van der Waals surface area contributed by atoms with Crippen molar-refractivity contribution in [1.29, 1.82) is 0 Å². The number of aliphatic carboxylic acids is 1. The molecule has 38 heavy (non-hydrogen) atoms. The van der Waals surface area contributed by atoms with E-state index in [0.717, 1.165) is 65.5 Å². The summed E-state index contributed by atoms with van der Waals surface area (Å²) in [4.78, 5) is 23.0. The third kappa shape index (κ3) is 9.91. The Morgan fingerprint density at radius 3 is 2.05 bits per heavy atom. The quantitative estimate of drug-likeness (QED) is 0.167. The molecular weight excluding hydrogens is 478 g/mol. The van der Waals surface area contributed by atoms with Crippen molar-refractivity contribution in [2.24, 2.45) is 23.5 Å². The van der Waals surface area contributed by atoms with Crippen LogP contribution in [0.4, 0.5) is 0 Å². The van der Waals surface area contributed by atoms with Crippen LogP contribution in [0.5, 0.6) is 11.5 Å².